The summed E-state index contributed by atoms with van der Waals surface area (Å²) in [6, 6.07) is 0. The predicted octanol–water partition coefficient (Wildman–Crippen LogP) is 2.43. The second-order valence-electron chi connectivity index (χ2n) is 5.58. The Morgan fingerprint density at radius 3 is 1.67 bits per heavy atom. The topological polar surface area (TPSA) is 38.7 Å². The molecule has 0 aliphatic rings. The van der Waals surface area contributed by atoms with Crippen molar-refractivity contribution in [1.82, 2.24) is 0 Å². The molecule has 3 heteroatoms. The molecule has 0 bridgehead atoms. The van der Waals surface area contributed by atoms with Crippen LogP contribution in [0.5, 0.6) is 0 Å². The van der Waals surface area contributed by atoms with Crippen molar-refractivity contribution in [3.63, 3.8) is 0 Å². The molecule has 0 radical (unpaired) electrons. The maximum Gasteiger partial charge on any atom is 0.186 e. The molecule has 15 heavy (non-hydrogen) atoms. The first-order valence-electron chi connectivity index (χ1n) is 5.47. The molecule has 0 spiro atoms. The largest absolute Gasteiger partial charge is 0.384 e. The van der Waals surface area contributed by atoms with Gasteiger partial charge in [0.05, 0.1) is 0 Å². The molecule has 0 aliphatic heterocycles. The van der Waals surface area contributed by atoms with Gasteiger partial charge in [0, 0.05) is 14.2 Å². The average Bonchev–Trinajstić information content (AvgIpc) is 2.02. The SMILES string of the molecule is COC(OC)C(O)(CC(C)C)C(C)(C)C. The lowest BCUT2D eigenvalue weighted by molar-refractivity contribution is -0.256. The van der Waals surface area contributed by atoms with E-state index in [1.165, 1.54) is 0 Å². The van der Waals surface area contributed by atoms with Crippen molar-refractivity contribution in [1.29, 1.82) is 0 Å². The normalized spacial score (nSPS) is 17.2. The van der Waals surface area contributed by atoms with Crippen LogP contribution in [0.4, 0.5) is 0 Å². The van der Waals surface area contributed by atoms with E-state index in [0.29, 0.717) is 12.3 Å². The quantitative estimate of drug-likeness (QED) is 0.720. The molecule has 0 aromatic heterocycles. The van der Waals surface area contributed by atoms with Gasteiger partial charge >= 0.3 is 0 Å². The van der Waals surface area contributed by atoms with Gasteiger partial charge in [0.15, 0.2) is 6.29 Å². The maximum atomic E-state index is 10.7. The molecule has 0 heterocycles. The fourth-order valence-corrected chi connectivity index (χ4v) is 1.86. The van der Waals surface area contributed by atoms with Crippen LogP contribution in [-0.2, 0) is 9.47 Å². The van der Waals surface area contributed by atoms with Crippen LogP contribution in [0.3, 0.4) is 0 Å². The maximum absolute atomic E-state index is 10.7. The fraction of sp³-hybridized carbons (Fsp3) is 1.00. The van der Waals surface area contributed by atoms with Crippen molar-refractivity contribution in [2.24, 2.45) is 11.3 Å². The van der Waals surface area contributed by atoms with E-state index in [-0.39, 0.29) is 5.41 Å². The summed E-state index contributed by atoms with van der Waals surface area (Å²) < 4.78 is 10.4. The number of rotatable bonds is 5. The molecule has 0 fully saturated rings. The highest BCUT2D eigenvalue weighted by molar-refractivity contribution is 4.94. The lowest BCUT2D eigenvalue weighted by Crippen LogP contribution is -2.55. The molecular weight excluding hydrogens is 192 g/mol. The minimum atomic E-state index is -0.968. The molecule has 0 aromatic rings. The third-order valence-corrected chi connectivity index (χ3v) is 2.84. The molecule has 0 rings (SSSR count). The molecule has 92 valence electrons. The summed E-state index contributed by atoms with van der Waals surface area (Å²) >= 11 is 0. The highest BCUT2D eigenvalue weighted by Crippen LogP contribution is 2.39. The number of hydrogen-bond acceptors (Lipinski definition) is 3. The monoisotopic (exact) mass is 218 g/mol. The number of aliphatic hydroxyl groups is 1. The molecule has 1 unspecified atom stereocenters. The van der Waals surface area contributed by atoms with E-state index in [4.69, 9.17) is 9.47 Å². The van der Waals surface area contributed by atoms with Gasteiger partial charge in [-0.25, -0.2) is 0 Å². The van der Waals surface area contributed by atoms with Gasteiger partial charge in [-0.2, -0.15) is 0 Å². The summed E-state index contributed by atoms with van der Waals surface area (Å²) in [5, 5.41) is 10.7. The molecule has 0 saturated heterocycles. The van der Waals surface area contributed by atoms with Crippen LogP contribution in [-0.4, -0.2) is 31.2 Å². The fourth-order valence-electron chi connectivity index (χ4n) is 1.86. The first-order valence-corrected chi connectivity index (χ1v) is 5.47. The Balaban J connectivity index is 5.00. The third-order valence-electron chi connectivity index (χ3n) is 2.84. The van der Waals surface area contributed by atoms with Gasteiger partial charge < -0.3 is 14.6 Å². The first-order chi connectivity index (χ1) is 6.69. The van der Waals surface area contributed by atoms with E-state index < -0.39 is 11.9 Å². The number of hydrogen-bond donors (Lipinski definition) is 1. The van der Waals surface area contributed by atoms with E-state index in [1.807, 2.05) is 20.8 Å². The molecule has 3 nitrogen and oxygen atoms in total. The highest BCUT2D eigenvalue weighted by atomic mass is 16.7. The molecule has 1 N–H and O–H groups in total. The molecule has 0 amide bonds. The lowest BCUT2D eigenvalue weighted by atomic mass is 9.71. The highest BCUT2D eigenvalue weighted by Gasteiger charge is 2.47. The number of ether oxygens (including phenoxy) is 2. The summed E-state index contributed by atoms with van der Waals surface area (Å²) in [5.74, 6) is 0.391. The van der Waals surface area contributed by atoms with Crippen LogP contribution >= 0.6 is 0 Å². The zero-order valence-electron chi connectivity index (χ0n) is 11.1. The van der Waals surface area contributed by atoms with Crippen LogP contribution in [0.2, 0.25) is 0 Å². The zero-order chi connectivity index (χ0) is 12.3. The van der Waals surface area contributed by atoms with Crippen LogP contribution < -0.4 is 0 Å². The van der Waals surface area contributed by atoms with Crippen molar-refractivity contribution in [3.8, 4) is 0 Å². The Morgan fingerprint density at radius 2 is 1.47 bits per heavy atom. The zero-order valence-corrected chi connectivity index (χ0v) is 11.1. The summed E-state index contributed by atoms with van der Waals surface area (Å²) in [7, 11) is 3.12. The molecule has 0 aromatic carbocycles. The van der Waals surface area contributed by atoms with Gasteiger partial charge in [0.2, 0.25) is 0 Å². The van der Waals surface area contributed by atoms with Crippen molar-refractivity contribution >= 4 is 0 Å². The van der Waals surface area contributed by atoms with Gasteiger partial charge in [0.25, 0.3) is 0 Å². The first kappa shape index (κ1) is 14.9. The Kier molecular flexibility index (Phi) is 5.24. The van der Waals surface area contributed by atoms with E-state index in [1.54, 1.807) is 14.2 Å². The van der Waals surface area contributed by atoms with E-state index >= 15 is 0 Å². The summed E-state index contributed by atoms with van der Waals surface area (Å²) in [6.45, 7) is 10.2. The van der Waals surface area contributed by atoms with Crippen molar-refractivity contribution in [2.75, 3.05) is 14.2 Å². The minimum Gasteiger partial charge on any atom is -0.384 e. The van der Waals surface area contributed by atoms with Gasteiger partial charge in [-0.3, -0.25) is 0 Å². The molecule has 0 aliphatic carbocycles. The van der Waals surface area contributed by atoms with E-state index in [0.717, 1.165) is 0 Å². The van der Waals surface area contributed by atoms with E-state index in [9.17, 15) is 5.11 Å². The standard InChI is InChI=1S/C12H26O3/c1-9(2)8-12(13,11(3,4)5)10(14-6)15-7/h9-10,13H,8H2,1-7H3. The smallest absolute Gasteiger partial charge is 0.186 e. The van der Waals surface area contributed by atoms with Crippen molar-refractivity contribution < 1.29 is 14.6 Å². The second kappa shape index (κ2) is 5.28. The van der Waals surface area contributed by atoms with Crippen LogP contribution in [0.15, 0.2) is 0 Å². The molecule has 1 atom stereocenters. The number of methoxy groups -OCH3 is 2. The molecular formula is C12H26O3. The molecule has 0 saturated carbocycles. The van der Waals surface area contributed by atoms with E-state index in [2.05, 4.69) is 13.8 Å². The van der Waals surface area contributed by atoms with Gasteiger partial charge in [0.1, 0.15) is 5.60 Å². The van der Waals surface area contributed by atoms with Crippen LogP contribution in [0, 0.1) is 11.3 Å². The Labute approximate surface area is 93.8 Å². The Morgan fingerprint density at radius 1 is 1.07 bits per heavy atom. The van der Waals surface area contributed by atoms with Gasteiger partial charge in [-0.15, -0.1) is 0 Å². The third kappa shape index (κ3) is 3.44. The van der Waals surface area contributed by atoms with Crippen molar-refractivity contribution in [2.45, 2.75) is 52.9 Å². The summed E-state index contributed by atoms with van der Waals surface area (Å²) in [4.78, 5) is 0. The van der Waals surface area contributed by atoms with Gasteiger partial charge in [-0.05, 0) is 17.8 Å². The summed E-state index contributed by atoms with van der Waals surface area (Å²) in [6.07, 6.45) is 0.0722. The predicted molar refractivity (Wildman–Crippen MR) is 61.7 cm³/mol. The van der Waals surface area contributed by atoms with Gasteiger partial charge in [-0.1, -0.05) is 34.6 Å². The van der Waals surface area contributed by atoms with Crippen LogP contribution in [0.25, 0.3) is 0 Å². The van der Waals surface area contributed by atoms with Crippen molar-refractivity contribution in [3.05, 3.63) is 0 Å². The minimum absolute atomic E-state index is 0.284. The lowest BCUT2D eigenvalue weighted by Gasteiger charge is -2.45. The van der Waals surface area contributed by atoms with Crippen LogP contribution in [0.1, 0.15) is 41.0 Å². The Hall–Kier alpha value is -0.120. The average molecular weight is 218 g/mol. The second-order valence-corrected chi connectivity index (χ2v) is 5.58. The Bertz CT molecular complexity index is 180. The summed E-state index contributed by atoms with van der Waals surface area (Å²) in [5.41, 5.74) is -1.25.